The Labute approximate surface area is 137 Å². The minimum Gasteiger partial charge on any atom is -0.494 e. The van der Waals surface area contributed by atoms with Gasteiger partial charge in [-0.3, -0.25) is 9.48 Å². The Kier molecular flexibility index (Phi) is 6.14. The van der Waals surface area contributed by atoms with E-state index in [9.17, 15) is 4.79 Å². The molecule has 6 nitrogen and oxygen atoms in total. The van der Waals surface area contributed by atoms with Crippen LogP contribution < -0.4 is 4.74 Å². The Bertz CT molecular complexity index is 626. The fourth-order valence-corrected chi connectivity index (χ4v) is 2.17. The molecule has 23 heavy (non-hydrogen) atoms. The molecule has 1 aromatic heterocycles. The third-order valence-electron chi connectivity index (χ3n) is 3.83. The van der Waals surface area contributed by atoms with E-state index >= 15 is 0 Å². The number of benzene rings is 1. The molecule has 0 spiro atoms. The van der Waals surface area contributed by atoms with Crippen LogP contribution in [0.3, 0.4) is 0 Å². The molecule has 0 bridgehead atoms. The Hall–Kier alpha value is -2.37. The van der Waals surface area contributed by atoms with E-state index in [1.54, 1.807) is 15.9 Å². The first-order valence-electron chi connectivity index (χ1n) is 7.82. The standard InChI is InChI=1S/C17H24N4O2/c1-14-5-6-16(11-15(14)2)23-10-4-8-20(3)17(22)7-9-21-13-18-12-19-21/h5-6,11-13H,4,7-10H2,1-3H3. The van der Waals surface area contributed by atoms with Crippen LogP contribution >= 0.6 is 0 Å². The Morgan fingerprint density at radius 1 is 1.30 bits per heavy atom. The molecule has 0 radical (unpaired) electrons. The summed E-state index contributed by atoms with van der Waals surface area (Å²) in [6, 6.07) is 6.09. The number of carbonyl (C=O) groups excluding carboxylic acids is 1. The van der Waals surface area contributed by atoms with Crippen molar-refractivity contribution in [2.24, 2.45) is 0 Å². The average molecular weight is 316 g/mol. The van der Waals surface area contributed by atoms with E-state index in [4.69, 9.17) is 4.74 Å². The summed E-state index contributed by atoms with van der Waals surface area (Å²) in [5.74, 6) is 0.986. The number of aromatic nitrogens is 3. The van der Waals surface area contributed by atoms with Gasteiger partial charge in [-0.15, -0.1) is 0 Å². The highest BCUT2D eigenvalue weighted by molar-refractivity contribution is 5.75. The van der Waals surface area contributed by atoms with Gasteiger partial charge in [0.15, 0.2) is 0 Å². The van der Waals surface area contributed by atoms with Crippen LogP contribution in [0.5, 0.6) is 5.75 Å². The first-order valence-corrected chi connectivity index (χ1v) is 7.82. The maximum Gasteiger partial charge on any atom is 0.224 e. The van der Waals surface area contributed by atoms with Crippen LogP contribution in [-0.2, 0) is 11.3 Å². The third-order valence-corrected chi connectivity index (χ3v) is 3.83. The van der Waals surface area contributed by atoms with Crippen molar-refractivity contribution in [2.75, 3.05) is 20.2 Å². The summed E-state index contributed by atoms with van der Waals surface area (Å²) in [7, 11) is 1.82. The van der Waals surface area contributed by atoms with Crippen LogP contribution in [0.2, 0.25) is 0 Å². The van der Waals surface area contributed by atoms with Gasteiger partial charge in [0.05, 0.1) is 13.2 Å². The molecule has 0 aliphatic heterocycles. The quantitative estimate of drug-likeness (QED) is 0.701. The molecule has 0 fully saturated rings. The Morgan fingerprint density at radius 3 is 2.83 bits per heavy atom. The zero-order valence-corrected chi connectivity index (χ0v) is 14.0. The lowest BCUT2D eigenvalue weighted by molar-refractivity contribution is -0.130. The lowest BCUT2D eigenvalue weighted by Gasteiger charge is -2.17. The SMILES string of the molecule is Cc1ccc(OCCCN(C)C(=O)CCn2cncn2)cc1C. The van der Waals surface area contributed by atoms with E-state index in [2.05, 4.69) is 30.0 Å². The van der Waals surface area contributed by atoms with E-state index < -0.39 is 0 Å². The maximum absolute atomic E-state index is 12.0. The fourth-order valence-electron chi connectivity index (χ4n) is 2.17. The van der Waals surface area contributed by atoms with E-state index in [0.717, 1.165) is 12.2 Å². The second-order valence-electron chi connectivity index (χ2n) is 5.67. The summed E-state index contributed by atoms with van der Waals surface area (Å²) >= 11 is 0. The molecule has 0 N–H and O–H groups in total. The maximum atomic E-state index is 12.0. The number of hydrogen-bond acceptors (Lipinski definition) is 4. The Morgan fingerprint density at radius 2 is 2.13 bits per heavy atom. The van der Waals surface area contributed by atoms with E-state index in [-0.39, 0.29) is 5.91 Å². The lowest BCUT2D eigenvalue weighted by atomic mass is 10.1. The highest BCUT2D eigenvalue weighted by Gasteiger charge is 2.08. The summed E-state index contributed by atoms with van der Waals surface area (Å²) in [5.41, 5.74) is 2.48. The van der Waals surface area contributed by atoms with Gasteiger partial charge in [0.25, 0.3) is 0 Å². The zero-order chi connectivity index (χ0) is 16.7. The molecule has 0 unspecified atom stereocenters. The predicted octanol–water partition coefficient (Wildman–Crippen LogP) is 2.21. The van der Waals surface area contributed by atoms with Crippen LogP contribution in [0.15, 0.2) is 30.9 Å². The molecule has 0 aliphatic rings. The van der Waals surface area contributed by atoms with Crippen molar-refractivity contribution in [3.05, 3.63) is 42.0 Å². The molecule has 0 saturated heterocycles. The van der Waals surface area contributed by atoms with Crippen molar-refractivity contribution in [3.63, 3.8) is 0 Å². The largest absolute Gasteiger partial charge is 0.494 e. The number of aryl methyl sites for hydroxylation is 3. The topological polar surface area (TPSA) is 60.2 Å². The van der Waals surface area contributed by atoms with Gasteiger partial charge in [0.1, 0.15) is 18.4 Å². The molecule has 2 rings (SSSR count). The van der Waals surface area contributed by atoms with Crippen molar-refractivity contribution < 1.29 is 9.53 Å². The minimum absolute atomic E-state index is 0.103. The van der Waals surface area contributed by atoms with Crippen molar-refractivity contribution in [1.82, 2.24) is 19.7 Å². The first-order chi connectivity index (χ1) is 11.1. The van der Waals surface area contributed by atoms with Crippen molar-refractivity contribution in [2.45, 2.75) is 33.2 Å². The third kappa shape index (κ3) is 5.39. The summed E-state index contributed by atoms with van der Waals surface area (Å²) in [6.45, 7) is 6.00. The number of nitrogens with zero attached hydrogens (tertiary/aromatic N) is 4. The second kappa shape index (κ2) is 8.31. The molecule has 1 heterocycles. The van der Waals surface area contributed by atoms with Crippen molar-refractivity contribution in [3.8, 4) is 5.75 Å². The number of amides is 1. The first kappa shape index (κ1) is 17.0. The summed E-state index contributed by atoms with van der Waals surface area (Å²) in [6.07, 6.45) is 4.32. The van der Waals surface area contributed by atoms with Gasteiger partial charge in [-0.2, -0.15) is 5.10 Å². The molecule has 1 amide bonds. The van der Waals surface area contributed by atoms with Gasteiger partial charge < -0.3 is 9.64 Å². The van der Waals surface area contributed by atoms with Gasteiger partial charge in [-0.05, 0) is 43.5 Å². The summed E-state index contributed by atoms with van der Waals surface area (Å²) in [4.78, 5) is 17.6. The molecule has 6 heteroatoms. The molecule has 0 aliphatic carbocycles. The monoisotopic (exact) mass is 316 g/mol. The molecule has 2 aromatic rings. The normalized spacial score (nSPS) is 10.6. The van der Waals surface area contributed by atoms with Gasteiger partial charge >= 0.3 is 0 Å². The number of carbonyl (C=O) groups is 1. The number of rotatable bonds is 8. The Balaban J connectivity index is 1.64. The second-order valence-corrected chi connectivity index (χ2v) is 5.67. The molecular weight excluding hydrogens is 292 g/mol. The lowest BCUT2D eigenvalue weighted by Crippen LogP contribution is -2.29. The fraction of sp³-hybridized carbons (Fsp3) is 0.471. The predicted molar refractivity (Wildman–Crippen MR) is 88.3 cm³/mol. The average Bonchev–Trinajstić information content (AvgIpc) is 3.05. The number of ether oxygens (including phenoxy) is 1. The number of hydrogen-bond donors (Lipinski definition) is 0. The van der Waals surface area contributed by atoms with Crippen LogP contribution in [0.25, 0.3) is 0 Å². The van der Waals surface area contributed by atoms with Crippen LogP contribution in [0.4, 0.5) is 0 Å². The van der Waals surface area contributed by atoms with Gasteiger partial charge in [-0.1, -0.05) is 6.07 Å². The molecule has 0 atom stereocenters. The highest BCUT2D eigenvalue weighted by atomic mass is 16.5. The molecule has 124 valence electrons. The van der Waals surface area contributed by atoms with Gasteiger partial charge in [0, 0.05) is 20.0 Å². The van der Waals surface area contributed by atoms with E-state index in [0.29, 0.717) is 26.1 Å². The van der Waals surface area contributed by atoms with Gasteiger partial charge in [0.2, 0.25) is 5.91 Å². The van der Waals surface area contributed by atoms with E-state index in [1.165, 1.54) is 17.5 Å². The molecule has 1 aromatic carbocycles. The summed E-state index contributed by atoms with van der Waals surface area (Å²) in [5, 5.41) is 3.98. The van der Waals surface area contributed by atoms with E-state index in [1.807, 2.05) is 19.2 Å². The minimum atomic E-state index is 0.103. The summed E-state index contributed by atoms with van der Waals surface area (Å²) < 4.78 is 7.39. The molecule has 0 saturated carbocycles. The van der Waals surface area contributed by atoms with Crippen LogP contribution in [-0.4, -0.2) is 45.8 Å². The molecular formula is C17H24N4O2. The van der Waals surface area contributed by atoms with Crippen LogP contribution in [0, 0.1) is 13.8 Å². The highest BCUT2D eigenvalue weighted by Crippen LogP contribution is 2.16. The van der Waals surface area contributed by atoms with Crippen molar-refractivity contribution in [1.29, 1.82) is 0 Å². The van der Waals surface area contributed by atoms with Crippen LogP contribution in [0.1, 0.15) is 24.0 Å². The zero-order valence-electron chi connectivity index (χ0n) is 14.0. The van der Waals surface area contributed by atoms with Crippen molar-refractivity contribution >= 4 is 5.91 Å². The van der Waals surface area contributed by atoms with Gasteiger partial charge in [-0.25, -0.2) is 4.98 Å². The smallest absolute Gasteiger partial charge is 0.224 e.